The second kappa shape index (κ2) is 9.24. The van der Waals surface area contributed by atoms with Gasteiger partial charge >= 0.3 is 0 Å². The van der Waals surface area contributed by atoms with Crippen molar-refractivity contribution in [2.45, 2.75) is 12.5 Å². The van der Waals surface area contributed by atoms with Crippen molar-refractivity contribution in [1.29, 1.82) is 0 Å². The molecule has 0 unspecified atom stereocenters. The van der Waals surface area contributed by atoms with Crippen molar-refractivity contribution in [3.8, 4) is 17.1 Å². The van der Waals surface area contributed by atoms with Gasteiger partial charge in [-0.25, -0.2) is 0 Å². The largest absolute Gasteiger partial charge is 0.484 e. The van der Waals surface area contributed by atoms with E-state index in [0.717, 1.165) is 17.7 Å². The Hall–Kier alpha value is -2.13. The quantitative estimate of drug-likeness (QED) is 0.678. The first kappa shape index (κ1) is 18.2. The van der Waals surface area contributed by atoms with E-state index in [0.29, 0.717) is 11.6 Å². The number of carbonyl (C=O) groups excluding carboxylic acids is 1. The normalized spacial score (nSPS) is 12.0. The number of carbonyl (C=O) groups is 1. The van der Waals surface area contributed by atoms with Crippen LogP contribution in [0.25, 0.3) is 11.4 Å². The maximum atomic E-state index is 11.9. The molecule has 2 rings (SSSR count). The Morgan fingerprint density at radius 2 is 2.17 bits per heavy atom. The van der Waals surface area contributed by atoms with Gasteiger partial charge in [-0.05, 0) is 47.9 Å². The fourth-order valence-electron chi connectivity index (χ4n) is 1.99. The van der Waals surface area contributed by atoms with Gasteiger partial charge in [0.1, 0.15) is 5.75 Å². The third-order valence-electron chi connectivity index (χ3n) is 3.25. The Morgan fingerprint density at radius 1 is 1.42 bits per heavy atom. The topological polar surface area (TPSA) is 102 Å². The van der Waals surface area contributed by atoms with Gasteiger partial charge < -0.3 is 15.2 Å². The van der Waals surface area contributed by atoms with Gasteiger partial charge in [-0.1, -0.05) is 0 Å². The Bertz CT molecular complexity index is 647. The molecular weight excluding hydrogens is 330 g/mol. The van der Waals surface area contributed by atoms with Crippen LogP contribution < -0.4 is 10.1 Å². The van der Waals surface area contributed by atoms with Crippen LogP contribution in [0.3, 0.4) is 0 Å². The van der Waals surface area contributed by atoms with E-state index < -0.39 is 0 Å². The van der Waals surface area contributed by atoms with Gasteiger partial charge in [0.25, 0.3) is 5.91 Å². The third kappa shape index (κ3) is 5.50. The number of amides is 1. The molecule has 0 radical (unpaired) electrons. The van der Waals surface area contributed by atoms with Crippen LogP contribution >= 0.6 is 11.8 Å². The summed E-state index contributed by atoms with van der Waals surface area (Å²) in [7, 11) is 1.70. The molecule has 24 heavy (non-hydrogen) atoms. The Balaban J connectivity index is 1.82. The molecule has 0 spiro atoms. The molecule has 0 aliphatic carbocycles. The smallest absolute Gasteiger partial charge is 0.258 e. The molecular formula is C15H21N5O3S. The molecule has 1 atom stereocenters. The number of nitrogens with one attached hydrogen (secondary N) is 1. The molecule has 0 fully saturated rings. The minimum Gasteiger partial charge on any atom is -0.484 e. The fourth-order valence-corrected chi connectivity index (χ4v) is 2.51. The molecule has 1 heterocycles. The molecule has 130 valence electrons. The SMILES string of the molecule is CSCC[C@H](CO)NC(=O)COc1ccc(-c2nnn(C)n2)cc1. The molecule has 1 aromatic carbocycles. The van der Waals surface area contributed by atoms with E-state index in [4.69, 9.17) is 4.74 Å². The number of aliphatic hydroxyl groups excluding tert-OH is 1. The molecule has 0 aliphatic rings. The summed E-state index contributed by atoms with van der Waals surface area (Å²) in [4.78, 5) is 13.2. The van der Waals surface area contributed by atoms with Gasteiger partial charge in [-0.3, -0.25) is 4.79 Å². The number of aliphatic hydroxyl groups is 1. The summed E-state index contributed by atoms with van der Waals surface area (Å²) < 4.78 is 5.45. The lowest BCUT2D eigenvalue weighted by atomic mass is 10.2. The Labute approximate surface area is 144 Å². The third-order valence-corrected chi connectivity index (χ3v) is 3.89. The molecule has 1 aromatic heterocycles. The number of thioether (sulfide) groups is 1. The average molecular weight is 351 g/mol. The lowest BCUT2D eigenvalue weighted by Gasteiger charge is -2.16. The number of hydrogen-bond donors (Lipinski definition) is 2. The lowest BCUT2D eigenvalue weighted by molar-refractivity contribution is -0.124. The highest BCUT2D eigenvalue weighted by molar-refractivity contribution is 7.98. The van der Waals surface area contributed by atoms with Gasteiger partial charge in [-0.2, -0.15) is 16.6 Å². The van der Waals surface area contributed by atoms with Crippen LogP contribution in [0.1, 0.15) is 6.42 Å². The van der Waals surface area contributed by atoms with Crippen molar-refractivity contribution in [3.05, 3.63) is 24.3 Å². The second-order valence-electron chi connectivity index (χ2n) is 5.14. The minimum atomic E-state index is -0.255. The first-order valence-electron chi connectivity index (χ1n) is 7.48. The maximum absolute atomic E-state index is 11.9. The van der Waals surface area contributed by atoms with Crippen molar-refractivity contribution in [3.63, 3.8) is 0 Å². The predicted molar refractivity (Wildman–Crippen MR) is 91.7 cm³/mol. The number of nitrogens with zero attached hydrogens (tertiary/aromatic N) is 4. The van der Waals surface area contributed by atoms with Crippen molar-refractivity contribution < 1.29 is 14.6 Å². The van der Waals surface area contributed by atoms with E-state index in [-0.39, 0.29) is 25.2 Å². The highest BCUT2D eigenvalue weighted by Gasteiger charge is 2.11. The second-order valence-corrected chi connectivity index (χ2v) is 6.13. The van der Waals surface area contributed by atoms with Gasteiger partial charge in [-0.15, -0.1) is 10.2 Å². The number of hydrogen-bond acceptors (Lipinski definition) is 7. The number of aromatic nitrogens is 4. The molecule has 2 N–H and O–H groups in total. The average Bonchev–Trinajstić information content (AvgIpc) is 3.03. The Morgan fingerprint density at radius 3 is 2.75 bits per heavy atom. The number of aryl methyl sites for hydroxylation is 1. The molecule has 1 amide bonds. The summed E-state index contributed by atoms with van der Waals surface area (Å²) in [6.07, 6.45) is 2.71. The van der Waals surface area contributed by atoms with Crippen molar-refractivity contribution >= 4 is 17.7 Å². The van der Waals surface area contributed by atoms with Crippen LogP contribution in [0, 0.1) is 0 Å². The standard InChI is InChI=1S/C15H21N5O3S/c1-20-18-15(17-19-20)11-3-5-13(6-4-11)23-10-14(22)16-12(9-21)7-8-24-2/h3-6,12,21H,7-10H2,1-2H3,(H,16,22)/t12-/m1/s1. The summed E-state index contributed by atoms with van der Waals surface area (Å²) in [5, 5.41) is 23.8. The van der Waals surface area contributed by atoms with Crippen molar-refractivity contribution in [2.75, 3.05) is 25.2 Å². The number of rotatable bonds is 9. The molecule has 0 saturated carbocycles. The fraction of sp³-hybridized carbons (Fsp3) is 0.467. The van der Waals surface area contributed by atoms with Crippen LogP contribution in [0.2, 0.25) is 0 Å². The molecule has 2 aromatic rings. The van der Waals surface area contributed by atoms with E-state index in [1.54, 1.807) is 43.1 Å². The zero-order valence-electron chi connectivity index (χ0n) is 13.7. The van der Waals surface area contributed by atoms with Crippen LogP contribution in [0.15, 0.2) is 24.3 Å². The minimum absolute atomic E-state index is 0.0773. The maximum Gasteiger partial charge on any atom is 0.258 e. The van der Waals surface area contributed by atoms with Crippen LogP contribution in [0.4, 0.5) is 0 Å². The van der Waals surface area contributed by atoms with Gasteiger partial charge in [0.2, 0.25) is 5.82 Å². The highest BCUT2D eigenvalue weighted by Crippen LogP contribution is 2.18. The Kier molecular flexibility index (Phi) is 7.01. The van der Waals surface area contributed by atoms with Crippen molar-refractivity contribution in [1.82, 2.24) is 25.5 Å². The van der Waals surface area contributed by atoms with E-state index in [2.05, 4.69) is 20.7 Å². The first-order chi connectivity index (χ1) is 11.6. The van der Waals surface area contributed by atoms with E-state index in [1.165, 1.54) is 4.80 Å². The van der Waals surface area contributed by atoms with Gasteiger partial charge in [0, 0.05) is 5.56 Å². The van der Waals surface area contributed by atoms with Crippen LogP contribution in [-0.2, 0) is 11.8 Å². The molecule has 0 saturated heterocycles. The molecule has 0 aliphatic heterocycles. The van der Waals surface area contributed by atoms with E-state index in [1.807, 2.05) is 6.26 Å². The monoisotopic (exact) mass is 351 g/mol. The summed E-state index contributed by atoms with van der Waals surface area (Å²) in [5.74, 6) is 1.73. The number of tetrazole rings is 1. The number of benzene rings is 1. The predicted octanol–water partition coefficient (Wildman–Crippen LogP) is 0.486. The molecule has 9 heteroatoms. The zero-order chi connectivity index (χ0) is 17.4. The van der Waals surface area contributed by atoms with Crippen LogP contribution in [-0.4, -0.2) is 62.5 Å². The van der Waals surface area contributed by atoms with Gasteiger partial charge in [0.15, 0.2) is 6.61 Å². The summed E-state index contributed by atoms with van der Waals surface area (Å²) in [5.41, 5.74) is 0.817. The lowest BCUT2D eigenvalue weighted by Crippen LogP contribution is -2.40. The first-order valence-corrected chi connectivity index (χ1v) is 8.88. The molecule has 8 nitrogen and oxygen atoms in total. The summed E-state index contributed by atoms with van der Waals surface area (Å²) in [6, 6.07) is 6.86. The van der Waals surface area contributed by atoms with Crippen LogP contribution in [0.5, 0.6) is 5.75 Å². The zero-order valence-corrected chi connectivity index (χ0v) is 14.5. The summed E-state index contributed by atoms with van der Waals surface area (Å²) >= 11 is 1.67. The van der Waals surface area contributed by atoms with Crippen molar-refractivity contribution in [2.24, 2.45) is 7.05 Å². The summed E-state index contributed by atoms with van der Waals surface area (Å²) in [6.45, 7) is -0.176. The van der Waals surface area contributed by atoms with E-state index >= 15 is 0 Å². The number of ether oxygens (including phenoxy) is 1. The van der Waals surface area contributed by atoms with Gasteiger partial charge in [0.05, 0.1) is 19.7 Å². The van der Waals surface area contributed by atoms with E-state index in [9.17, 15) is 9.90 Å². The molecule has 0 bridgehead atoms. The highest BCUT2D eigenvalue weighted by atomic mass is 32.2.